The van der Waals surface area contributed by atoms with E-state index in [1.165, 1.54) is 40.4 Å². The van der Waals surface area contributed by atoms with Gasteiger partial charge in [0, 0.05) is 5.56 Å². The molecule has 26 heavy (non-hydrogen) atoms. The van der Waals surface area contributed by atoms with E-state index in [9.17, 15) is 9.59 Å². The molecule has 2 aromatic carbocycles. The molecule has 0 fully saturated rings. The number of carbonyl (C=O) groups is 2. The van der Waals surface area contributed by atoms with Crippen LogP contribution in [0, 0.1) is 6.92 Å². The molecule has 0 heterocycles. The number of hydrogen-bond donors (Lipinski definition) is 0. The van der Waals surface area contributed by atoms with Crippen LogP contribution in [0.3, 0.4) is 0 Å². The fourth-order valence-corrected chi connectivity index (χ4v) is 2.43. The molecule has 0 N–H and O–H groups in total. The lowest BCUT2D eigenvalue weighted by Crippen LogP contribution is -2.24. The van der Waals surface area contributed by atoms with E-state index in [1.54, 1.807) is 12.1 Å². The van der Waals surface area contributed by atoms with Gasteiger partial charge in [0.1, 0.15) is 0 Å². The van der Waals surface area contributed by atoms with Crippen LogP contribution in [-0.4, -0.2) is 39.2 Å². The third-order valence-corrected chi connectivity index (χ3v) is 3.89. The minimum absolute atomic E-state index is 0.197. The Kier molecular flexibility index (Phi) is 6.22. The summed E-state index contributed by atoms with van der Waals surface area (Å²) < 4.78 is 21.0. The van der Waals surface area contributed by atoms with Gasteiger partial charge in [-0.25, -0.2) is 4.79 Å². The van der Waals surface area contributed by atoms with Crippen molar-refractivity contribution in [3.8, 4) is 17.2 Å². The van der Waals surface area contributed by atoms with Crippen molar-refractivity contribution in [3.63, 3.8) is 0 Å². The molecule has 0 aromatic heterocycles. The Bertz CT molecular complexity index is 769. The van der Waals surface area contributed by atoms with Crippen molar-refractivity contribution in [1.29, 1.82) is 0 Å². The summed E-state index contributed by atoms with van der Waals surface area (Å²) in [7, 11) is 4.38. The van der Waals surface area contributed by atoms with Crippen molar-refractivity contribution >= 4 is 11.8 Å². The smallest absolute Gasteiger partial charge is 0.339 e. The van der Waals surface area contributed by atoms with Crippen molar-refractivity contribution < 1.29 is 28.5 Å². The monoisotopic (exact) mass is 358 g/mol. The molecular formula is C20H22O6. The van der Waals surface area contributed by atoms with E-state index in [2.05, 4.69) is 0 Å². The van der Waals surface area contributed by atoms with Gasteiger partial charge in [0.2, 0.25) is 11.5 Å². The third-order valence-electron chi connectivity index (χ3n) is 3.89. The first kappa shape index (κ1) is 19.3. The average Bonchev–Trinajstić information content (AvgIpc) is 2.66. The van der Waals surface area contributed by atoms with E-state index >= 15 is 0 Å². The Morgan fingerprint density at radius 1 is 0.846 bits per heavy atom. The fraction of sp³-hybridized carbons (Fsp3) is 0.300. The molecule has 0 saturated carbocycles. The normalized spacial score (nSPS) is 11.4. The number of rotatable bonds is 7. The van der Waals surface area contributed by atoms with Gasteiger partial charge in [0.05, 0.1) is 26.9 Å². The summed E-state index contributed by atoms with van der Waals surface area (Å²) in [6, 6.07) is 10.0. The summed E-state index contributed by atoms with van der Waals surface area (Å²) in [5.74, 6) is 0.103. The average molecular weight is 358 g/mol. The highest BCUT2D eigenvalue weighted by molar-refractivity contribution is 6.01. The highest BCUT2D eigenvalue weighted by Gasteiger charge is 2.23. The molecule has 138 valence electrons. The standard InChI is InChI=1S/C20H22O6/c1-12-6-8-14(9-7-12)18(21)13(2)26-20(22)15-10-16(23-3)19(25-5)17(11-15)24-4/h6-11,13H,1-5H3. The molecule has 6 nitrogen and oxygen atoms in total. The van der Waals surface area contributed by atoms with Gasteiger partial charge >= 0.3 is 5.97 Å². The zero-order chi connectivity index (χ0) is 19.3. The second kappa shape index (κ2) is 8.38. The van der Waals surface area contributed by atoms with Crippen LogP contribution < -0.4 is 14.2 Å². The molecule has 0 aliphatic carbocycles. The Hall–Kier alpha value is -3.02. The topological polar surface area (TPSA) is 71.1 Å². The van der Waals surface area contributed by atoms with E-state index < -0.39 is 12.1 Å². The molecule has 0 bridgehead atoms. The number of ether oxygens (including phenoxy) is 4. The van der Waals surface area contributed by atoms with Crippen molar-refractivity contribution in [2.24, 2.45) is 0 Å². The third kappa shape index (κ3) is 4.14. The van der Waals surface area contributed by atoms with Crippen LogP contribution in [0.2, 0.25) is 0 Å². The van der Waals surface area contributed by atoms with Crippen LogP contribution in [0.25, 0.3) is 0 Å². The summed E-state index contributed by atoms with van der Waals surface area (Å²) in [5, 5.41) is 0. The maximum atomic E-state index is 12.5. The SMILES string of the molecule is COc1cc(C(=O)OC(C)C(=O)c2ccc(C)cc2)cc(OC)c1OC. The number of carbonyl (C=O) groups excluding carboxylic acids is 2. The van der Waals surface area contributed by atoms with Crippen LogP contribution in [-0.2, 0) is 4.74 Å². The van der Waals surface area contributed by atoms with Gasteiger partial charge in [-0.05, 0) is 26.0 Å². The van der Waals surface area contributed by atoms with Gasteiger partial charge in [0.25, 0.3) is 0 Å². The molecule has 0 spiro atoms. The molecule has 0 aliphatic rings. The van der Waals surface area contributed by atoms with Gasteiger partial charge in [-0.2, -0.15) is 0 Å². The molecule has 6 heteroatoms. The first-order chi connectivity index (χ1) is 12.4. The van der Waals surface area contributed by atoms with Gasteiger partial charge in [-0.15, -0.1) is 0 Å². The van der Waals surface area contributed by atoms with E-state index in [0.29, 0.717) is 22.8 Å². The van der Waals surface area contributed by atoms with Crippen LogP contribution in [0.5, 0.6) is 17.2 Å². The molecule has 0 radical (unpaired) electrons. The number of Topliss-reactive ketones (excluding diaryl/α,β-unsaturated/α-hetero) is 1. The maximum absolute atomic E-state index is 12.5. The molecule has 0 aliphatic heterocycles. The first-order valence-electron chi connectivity index (χ1n) is 8.03. The van der Waals surface area contributed by atoms with Gasteiger partial charge in [0.15, 0.2) is 17.6 Å². The quantitative estimate of drug-likeness (QED) is 0.558. The Morgan fingerprint density at radius 2 is 1.38 bits per heavy atom. The molecule has 1 atom stereocenters. The second-order valence-electron chi connectivity index (χ2n) is 5.69. The number of benzene rings is 2. The first-order valence-corrected chi connectivity index (χ1v) is 8.03. The maximum Gasteiger partial charge on any atom is 0.339 e. The van der Waals surface area contributed by atoms with E-state index in [0.717, 1.165) is 5.56 Å². The largest absolute Gasteiger partial charge is 0.493 e. The lowest BCUT2D eigenvalue weighted by Gasteiger charge is -2.16. The van der Waals surface area contributed by atoms with Gasteiger partial charge in [-0.1, -0.05) is 29.8 Å². The number of hydrogen-bond acceptors (Lipinski definition) is 6. The number of esters is 1. The summed E-state index contributed by atoms with van der Waals surface area (Å²) in [6.45, 7) is 3.47. The van der Waals surface area contributed by atoms with Crippen molar-refractivity contribution in [2.45, 2.75) is 20.0 Å². The number of ketones is 1. The molecule has 1 unspecified atom stereocenters. The van der Waals surface area contributed by atoms with Crippen molar-refractivity contribution in [1.82, 2.24) is 0 Å². The minimum Gasteiger partial charge on any atom is -0.493 e. The van der Waals surface area contributed by atoms with E-state index in [4.69, 9.17) is 18.9 Å². The predicted molar refractivity (Wildman–Crippen MR) is 96.5 cm³/mol. The van der Waals surface area contributed by atoms with Crippen LogP contribution in [0.1, 0.15) is 33.2 Å². The van der Waals surface area contributed by atoms with Crippen molar-refractivity contribution in [3.05, 3.63) is 53.1 Å². The molecule has 0 saturated heterocycles. The molecule has 0 amide bonds. The number of methoxy groups -OCH3 is 3. The summed E-state index contributed by atoms with van der Waals surface area (Å²) in [4.78, 5) is 24.9. The van der Waals surface area contributed by atoms with Crippen LogP contribution in [0.4, 0.5) is 0 Å². The zero-order valence-corrected chi connectivity index (χ0v) is 15.5. The van der Waals surface area contributed by atoms with Gasteiger partial charge < -0.3 is 18.9 Å². The highest BCUT2D eigenvalue weighted by atomic mass is 16.5. The summed E-state index contributed by atoms with van der Waals surface area (Å²) >= 11 is 0. The zero-order valence-electron chi connectivity index (χ0n) is 15.5. The predicted octanol–water partition coefficient (Wildman–Crippen LogP) is 3.45. The van der Waals surface area contributed by atoms with Gasteiger partial charge in [-0.3, -0.25) is 4.79 Å². The van der Waals surface area contributed by atoms with Crippen molar-refractivity contribution in [2.75, 3.05) is 21.3 Å². The molecule has 2 aromatic rings. The Labute approximate surface area is 152 Å². The molecule has 2 rings (SSSR count). The lowest BCUT2D eigenvalue weighted by atomic mass is 10.1. The Morgan fingerprint density at radius 3 is 1.85 bits per heavy atom. The van der Waals surface area contributed by atoms with Crippen LogP contribution >= 0.6 is 0 Å². The fourth-order valence-electron chi connectivity index (χ4n) is 2.43. The summed E-state index contributed by atoms with van der Waals surface area (Å²) in [6.07, 6.45) is -0.927. The number of aryl methyl sites for hydroxylation is 1. The second-order valence-corrected chi connectivity index (χ2v) is 5.69. The van der Waals surface area contributed by atoms with E-state index in [1.807, 2.05) is 19.1 Å². The Balaban J connectivity index is 2.21. The molecular weight excluding hydrogens is 336 g/mol. The van der Waals surface area contributed by atoms with E-state index in [-0.39, 0.29) is 11.3 Å². The lowest BCUT2D eigenvalue weighted by molar-refractivity contribution is 0.0318. The minimum atomic E-state index is -0.927. The highest BCUT2D eigenvalue weighted by Crippen LogP contribution is 2.38. The van der Waals surface area contributed by atoms with Crippen LogP contribution in [0.15, 0.2) is 36.4 Å². The summed E-state index contributed by atoms with van der Waals surface area (Å²) in [5.41, 5.74) is 1.73.